The smallest absolute Gasteiger partial charge is 0.298 e. The van der Waals surface area contributed by atoms with Crippen LogP contribution in [0, 0.1) is 6.92 Å². The fraction of sp³-hybridized carbons (Fsp3) is 0.267. The second-order valence-electron chi connectivity index (χ2n) is 3.62. The maximum atomic E-state index is 10.4. The minimum atomic E-state index is 0.455. The summed E-state index contributed by atoms with van der Waals surface area (Å²) in [5.41, 5.74) is 3.07. The molecule has 0 bridgehead atoms. The predicted molar refractivity (Wildman–Crippen MR) is 75.8 cm³/mol. The number of hydrogen-bond acceptors (Lipinski definition) is 2. The molecule has 96 valence electrons. The van der Waals surface area contributed by atoms with Crippen molar-refractivity contribution >= 4 is 23.5 Å². The first-order valence-corrected chi connectivity index (χ1v) is 6.11. The molecule has 3 nitrogen and oxygen atoms in total. The lowest BCUT2D eigenvalue weighted by Crippen LogP contribution is -1.91. The van der Waals surface area contributed by atoms with E-state index in [9.17, 15) is 4.79 Å². The third-order valence-corrected chi connectivity index (χ3v) is 2.54. The summed E-state index contributed by atoms with van der Waals surface area (Å²) in [6.07, 6.45) is 5.76. The summed E-state index contributed by atoms with van der Waals surface area (Å²) in [4.78, 5) is 13.6. The summed E-state index contributed by atoms with van der Waals surface area (Å²) in [6, 6.07) is 3.85. The monoisotopic (exact) mass is 245 g/mol. The van der Waals surface area contributed by atoms with Crippen LogP contribution in [0.1, 0.15) is 31.9 Å². The normalized spacial score (nSPS) is 10.2. The molecule has 0 aliphatic rings. The quantitative estimate of drug-likeness (QED) is 0.828. The number of aryl methyl sites for hydroxylation is 1. The molecule has 0 spiro atoms. The van der Waals surface area contributed by atoms with Crippen LogP contribution in [0.25, 0.3) is 17.0 Å². The maximum Gasteiger partial charge on any atom is 0.298 e. The van der Waals surface area contributed by atoms with Gasteiger partial charge < -0.3 is 9.72 Å². The number of carbonyl (C=O) groups excluding carboxylic acids is 1. The Balaban J connectivity index is 0.000000771. The first-order valence-electron chi connectivity index (χ1n) is 6.11. The van der Waals surface area contributed by atoms with Gasteiger partial charge in [-0.3, -0.25) is 4.79 Å². The minimum Gasteiger partial charge on any atom is -0.428 e. The molecule has 0 fully saturated rings. The number of fused-ring (bicyclic) bond motifs is 1. The van der Waals surface area contributed by atoms with E-state index in [1.807, 2.05) is 58.2 Å². The molecule has 1 aromatic heterocycles. The second kappa shape index (κ2) is 6.64. The lowest BCUT2D eigenvalue weighted by molar-refractivity contribution is -0.120. The highest BCUT2D eigenvalue weighted by molar-refractivity contribution is 5.87. The molecule has 0 saturated carbocycles. The zero-order chi connectivity index (χ0) is 13.5. The Morgan fingerprint density at radius 3 is 2.61 bits per heavy atom. The summed E-state index contributed by atoms with van der Waals surface area (Å²) in [5.74, 6) is 0.586. The Morgan fingerprint density at radius 2 is 2.00 bits per heavy atom. The van der Waals surface area contributed by atoms with Crippen molar-refractivity contribution in [3.63, 3.8) is 0 Å². The van der Waals surface area contributed by atoms with Crippen LogP contribution in [0.2, 0.25) is 0 Å². The van der Waals surface area contributed by atoms with Crippen LogP contribution in [0.4, 0.5) is 0 Å². The van der Waals surface area contributed by atoms with Gasteiger partial charge in [-0.15, -0.1) is 0 Å². The molecule has 2 rings (SSSR count). The van der Waals surface area contributed by atoms with E-state index in [0.717, 1.165) is 22.0 Å². The van der Waals surface area contributed by atoms with E-state index in [-0.39, 0.29) is 0 Å². The number of rotatable bonds is 3. The van der Waals surface area contributed by atoms with E-state index < -0.39 is 0 Å². The highest BCUT2D eigenvalue weighted by atomic mass is 16.5. The SMILES string of the molecule is C/C=C\c1cc2[nH]cc(C)c2cc1OC=O.CC. The number of H-pyrrole nitrogens is 1. The lowest BCUT2D eigenvalue weighted by Gasteiger charge is -2.04. The molecule has 3 heteroatoms. The van der Waals surface area contributed by atoms with Gasteiger partial charge in [0, 0.05) is 22.7 Å². The van der Waals surface area contributed by atoms with Gasteiger partial charge in [-0.25, -0.2) is 0 Å². The Labute approximate surface area is 107 Å². The molecule has 2 aromatic rings. The number of allylic oxidation sites excluding steroid dienone is 1. The summed E-state index contributed by atoms with van der Waals surface area (Å²) >= 11 is 0. The molecule has 0 unspecified atom stereocenters. The second-order valence-corrected chi connectivity index (χ2v) is 3.62. The van der Waals surface area contributed by atoms with Gasteiger partial charge in [-0.05, 0) is 31.5 Å². The highest BCUT2D eigenvalue weighted by Crippen LogP contribution is 2.28. The molecule has 0 saturated heterocycles. The van der Waals surface area contributed by atoms with Gasteiger partial charge >= 0.3 is 0 Å². The largest absolute Gasteiger partial charge is 0.428 e. The number of aromatic nitrogens is 1. The van der Waals surface area contributed by atoms with E-state index >= 15 is 0 Å². The van der Waals surface area contributed by atoms with Crippen molar-refractivity contribution in [3.05, 3.63) is 35.5 Å². The van der Waals surface area contributed by atoms with Crippen molar-refractivity contribution in [3.8, 4) is 5.75 Å². The van der Waals surface area contributed by atoms with Gasteiger partial charge in [0.2, 0.25) is 0 Å². The van der Waals surface area contributed by atoms with Gasteiger partial charge in [0.1, 0.15) is 5.75 Å². The first-order chi connectivity index (χ1) is 8.76. The molecule has 0 radical (unpaired) electrons. The van der Waals surface area contributed by atoms with Crippen molar-refractivity contribution < 1.29 is 9.53 Å². The summed E-state index contributed by atoms with van der Waals surface area (Å²) in [7, 11) is 0. The number of benzene rings is 1. The Hall–Kier alpha value is -2.03. The first kappa shape index (κ1) is 14.0. The molecule has 1 N–H and O–H groups in total. The Kier molecular flexibility index (Phi) is 5.18. The van der Waals surface area contributed by atoms with Gasteiger partial charge in [0.25, 0.3) is 6.47 Å². The Morgan fingerprint density at radius 1 is 1.28 bits per heavy atom. The zero-order valence-corrected chi connectivity index (χ0v) is 11.3. The minimum absolute atomic E-state index is 0.455. The number of hydrogen-bond donors (Lipinski definition) is 1. The average Bonchev–Trinajstić information content (AvgIpc) is 2.74. The van der Waals surface area contributed by atoms with Crippen LogP contribution in [-0.4, -0.2) is 11.5 Å². The van der Waals surface area contributed by atoms with Crippen LogP contribution in [-0.2, 0) is 4.79 Å². The highest BCUT2D eigenvalue weighted by Gasteiger charge is 2.06. The van der Waals surface area contributed by atoms with Gasteiger partial charge in [-0.1, -0.05) is 26.0 Å². The van der Waals surface area contributed by atoms with E-state index in [2.05, 4.69) is 4.98 Å². The number of carbonyl (C=O) groups is 1. The molecular weight excluding hydrogens is 226 g/mol. The van der Waals surface area contributed by atoms with E-state index in [1.54, 1.807) is 0 Å². The molecule has 0 atom stereocenters. The van der Waals surface area contributed by atoms with Crippen molar-refractivity contribution in [1.29, 1.82) is 0 Å². The van der Waals surface area contributed by atoms with Gasteiger partial charge in [0.05, 0.1) is 0 Å². The summed E-state index contributed by atoms with van der Waals surface area (Å²) in [5, 5.41) is 1.07. The van der Waals surface area contributed by atoms with Crippen molar-refractivity contribution in [2.45, 2.75) is 27.7 Å². The molecule has 0 aliphatic carbocycles. The maximum absolute atomic E-state index is 10.4. The molecule has 1 heterocycles. The number of nitrogens with one attached hydrogen (secondary N) is 1. The lowest BCUT2D eigenvalue weighted by atomic mass is 10.1. The van der Waals surface area contributed by atoms with Crippen LogP contribution in [0.15, 0.2) is 24.4 Å². The van der Waals surface area contributed by atoms with Crippen molar-refractivity contribution in [2.75, 3.05) is 0 Å². The molecule has 0 aliphatic heterocycles. The summed E-state index contributed by atoms with van der Waals surface area (Å²) in [6.45, 7) is 8.39. The van der Waals surface area contributed by atoms with Gasteiger partial charge in [0.15, 0.2) is 0 Å². The van der Waals surface area contributed by atoms with Crippen LogP contribution in [0.3, 0.4) is 0 Å². The molecular formula is C15H19NO2. The molecule has 0 amide bonds. The average molecular weight is 245 g/mol. The standard InChI is InChI=1S/C13H13NO2.C2H6/c1-3-4-10-5-12-11(9(2)7-14-12)6-13(10)16-8-15;1-2/h3-8,14H,1-2H3;1-2H3/b4-3-;. The predicted octanol–water partition coefficient (Wildman–Crippen LogP) is 4.07. The van der Waals surface area contributed by atoms with Crippen molar-refractivity contribution in [1.82, 2.24) is 4.98 Å². The zero-order valence-electron chi connectivity index (χ0n) is 11.3. The van der Waals surface area contributed by atoms with Crippen LogP contribution >= 0.6 is 0 Å². The van der Waals surface area contributed by atoms with E-state index in [0.29, 0.717) is 12.2 Å². The van der Waals surface area contributed by atoms with E-state index in [4.69, 9.17) is 4.74 Å². The van der Waals surface area contributed by atoms with E-state index in [1.165, 1.54) is 0 Å². The summed E-state index contributed by atoms with van der Waals surface area (Å²) < 4.78 is 4.98. The van der Waals surface area contributed by atoms with Crippen molar-refractivity contribution in [2.24, 2.45) is 0 Å². The fourth-order valence-corrected chi connectivity index (χ4v) is 1.77. The Bertz CT molecular complexity index is 553. The molecule has 18 heavy (non-hydrogen) atoms. The molecule has 1 aromatic carbocycles. The van der Waals surface area contributed by atoms with Crippen LogP contribution in [0.5, 0.6) is 5.75 Å². The fourth-order valence-electron chi connectivity index (χ4n) is 1.77. The van der Waals surface area contributed by atoms with Crippen LogP contribution < -0.4 is 4.74 Å². The number of ether oxygens (including phenoxy) is 1. The number of aromatic amines is 1. The van der Waals surface area contributed by atoms with Gasteiger partial charge in [-0.2, -0.15) is 0 Å². The topological polar surface area (TPSA) is 42.1 Å². The third-order valence-electron chi connectivity index (χ3n) is 2.54. The third kappa shape index (κ3) is 2.80.